The van der Waals surface area contributed by atoms with Crippen LogP contribution < -0.4 is 9.13 Å². The van der Waals surface area contributed by atoms with Crippen LogP contribution in [0.25, 0.3) is 44.5 Å². The van der Waals surface area contributed by atoms with E-state index in [0.29, 0.717) is 0 Å². The second-order valence-corrected chi connectivity index (χ2v) is 17.4. The van der Waals surface area contributed by atoms with Crippen molar-refractivity contribution in [3.63, 3.8) is 0 Å². The Morgan fingerprint density at radius 2 is 0.453 bits per heavy atom. The molecule has 318 valence electrons. The van der Waals surface area contributed by atoms with Crippen LogP contribution in [0, 0.1) is 0 Å². The molecule has 0 aliphatic heterocycles. The summed E-state index contributed by atoms with van der Waals surface area (Å²) in [5.41, 5.74) is 17.5. The maximum absolute atomic E-state index is 4.03. The third-order valence-corrected chi connectivity index (χ3v) is 13.3. The third-order valence-electron chi connectivity index (χ3n) is 10.7. The molecule has 4 nitrogen and oxygen atoms in total. The van der Waals surface area contributed by atoms with Gasteiger partial charge in [0.1, 0.15) is 0 Å². The molecule has 9 rings (SSSR count). The number of nitrogens with zero attached hydrogens (tertiary/aromatic N) is 4. The molecule has 0 saturated carbocycles. The highest BCUT2D eigenvalue weighted by molar-refractivity contribution is 9.09. The largest absolute Gasteiger partial charge is 0.265 e. The zero-order valence-electron chi connectivity index (χ0n) is 35.3. The van der Waals surface area contributed by atoms with Crippen molar-refractivity contribution in [2.75, 3.05) is 0 Å². The average Bonchev–Trinajstić information content (AvgIpc) is 3.38. The zero-order chi connectivity index (χ0) is 44.4. The summed E-state index contributed by atoms with van der Waals surface area (Å²) < 4.78 is 4.44. The Balaban J connectivity index is 0.000000179. The SMILES string of the molecule is BrCc1ccc(CBr)cc1.BrCc1ccc(C[n+]2ccc(-c3ccc(-c4cc[n+](Cc5ccc(CBr)cc5)cc4)cc3)cc2)cc1.c1cc(-c2ccc(-c3ccncc3)cc2)ccn1. The predicted molar refractivity (Wildman–Crippen MR) is 279 cm³/mol. The quantitative estimate of drug-likeness (QED) is 0.0902. The number of hydrogen-bond acceptors (Lipinski definition) is 2. The number of benzene rings is 5. The van der Waals surface area contributed by atoms with Gasteiger partial charge in [0, 0.05) is 81.5 Å². The van der Waals surface area contributed by atoms with E-state index < -0.39 is 0 Å². The van der Waals surface area contributed by atoms with Gasteiger partial charge >= 0.3 is 0 Å². The van der Waals surface area contributed by atoms with E-state index >= 15 is 0 Å². The Bertz CT molecular complexity index is 2540. The molecule has 0 N–H and O–H groups in total. The van der Waals surface area contributed by atoms with Crippen LogP contribution in [0.4, 0.5) is 0 Å². The Hall–Kier alpha value is -5.38. The number of halogens is 4. The summed E-state index contributed by atoms with van der Waals surface area (Å²) in [6, 6.07) is 60.2. The fourth-order valence-electron chi connectivity index (χ4n) is 6.92. The fraction of sp³-hybridized carbons (Fsp3) is 0.107. The molecule has 64 heavy (non-hydrogen) atoms. The zero-order valence-corrected chi connectivity index (χ0v) is 41.7. The summed E-state index contributed by atoms with van der Waals surface area (Å²) in [5, 5.41) is 3.67. The van der Waals surface area contributed by atoms with Gasteiger partial charge in [-0.15, -0.1) is 0 Å². The third kappa shape index (κ3) is 13.8. The highest BCUT2D eigenvalue weighted by Crippen LogP contribution is 2.25. The summed E-state index contributed by atoms with van der Waals surface area (Å²) in [7, 11) is 0. The fourth-order valence-corrected chi connectivity index (χ4v) is 8.41. The van der Waals surface area contributed by atoms with Gasteiger partial charge in [-0.25, -0.2) is 9.13 Å². The van der Waals surface area contributed by atoms with Crippen molar-refractivity contribution in [3.8, 4) is 44.5 Å². The maximum Gasteiger partial charge on any atom is 0.173 e. The summed E-state index contributed by atoms with van der Waals surface area (Å²) in [5.74, 6) is 0. The molecule has 0 bridgehead atoms. The van der Waals surface area contributed by atoms with E-state index in [1.165, 1.54) is 77.9 Å². The smallest absolute Gasteiger partial charge is 0.173 e. The molecule has 0 atom stereocenters. The molecule has 0 fully saturated rings. The van der Waals surface area contributed by atoms with Crippen LogP contribution in [-0.2, 0) is 34.4 Å². The van der Waals surface area contributed by atoms with Gasteiger partial charge in [0.05, 0.1) is 0 Å². The molecule has 9 aromatic rings. The summed E-state index contributed by atoms with van der Waals surface area (Å²) in [6.07, 6.45) is 15.9. The second-order valence-electron chi connectivity index (χ2n) is 15.1. The van der Waals surface area contributed by atoms with Crippen LogP contribution in [0.5, 0.6) is 0 Å². The van der Waals surface area contributed by atoms with Crippen molar-refractivity contribution in [1.29, 1.82) is 0 Å². The van der Waals surface area contributed by atoms with E-state index in [4.69, 9.17) is 0 Å². The molecule has 0 aliphatic carbocycles. The van der Waals surface area contributed by atoms with E-state index in [1.807, 2.05) is 49.1 Å². The van der Waals surface area contributed by atoms with E-state index in [2.05, 4.69) is 253 Å². The molecular formula is C56H48Br4N4+2. The lowest BCUT2D eigenvalue weighted by atomic mass is 10.0. The summed E-state index contributed by atoms with van der Waals surface area (Å²) in [4.78, 5) is 8.06. The summed E-state index contributed by atoms with van der Waals surface area (Å²) in [6.45, 7) is 1.75. The minimum atomic E-state index is 0.873. The highest BCUT2D eigenvalue weighted by Gasteiger charge is 2.08. The Labute approximate surface area is 411 Å². The monoisotopic (exact) mass is 1090 g/mol. The lowest BCUT2D eigenvalue weighted by Gasteiger charge is -2.05. The van der Waals surface area contributed by atoms with Gasteiger partial charge in [-0.2, -0.15) is 0 Å². The molecule has 0 radical (unpaired) electrons. The molecule has 0 unspecified atom stereocenters. The minimum absolute atomic E-state index is 0.873. The van der Waals surface area contributed by atoms with Crippen LogP contribution in [0.3, 0.4) is 0 Å². The Kier molecular flexibility index (Phi) is 17.9. The molecule has 0 saturated heterocycles. The van der Waals surface area contributed by atoms with Gasteiger partial charge in [-0.1, -0.05) is 185 Å². The normalized spacial score (nSPS) is 10.6. The van der Waals surface area contributed by atoms with Crippen molar-refractivity contribution in [2.24, 2.45) is 0 Å². The van der Waals surface area contributed by atoms with Gasteiger partial charge in [0.25, 0.3) is 0 Å². The van der Waals surface area contributed by atoms with Crippen LogP contribution in [0.15, 0.2) is 219 Å². The molecule has 5 aromatic carbocycles. The first-order valence-corrected chi connectivity index (χ1v) is 25.5. The molecule has 4 heterocycles. The van der Waals surface area contributed by atoms with Crippen molar-refractivity contribution in [3.05, 3.63) is 253 Å². The topological polar surface area (TPSA) is 33.5 Å². The molecular weight excluding hydrogens is 1050 g/mol. The second kappa shape index (κ2) is 24.6. The van der Waals surface area contributed by atoms with Crippen molar-refractivity contribution >= 4 is 63.7 Å². The molecule has 4 aromatic heterocycles. The van der Waals surface area contributed by atoms with Crippen LogP contribution in [0.2, 0.25) is 0 Å². The lowest BCUT2D eigenvalue weighted by Crippen LogP contribution is -2.33. The number of pyridine rings is 4. The average molecular weight is 1100 g/mol. The lowest BCUT2D eigenvalue weighted by molar-refractivity contribution is -0.688. The van der Waals surface area contributed by atoms with E-state index in [1.54, 1.807) is 0 Å². The van der Waals surface area contributed by atoms with Gasteiger partial charge in [-0.3, -0.25) is 9.97 Å². The number of alkyl halides is 4. The molecule has 0 aliphatic rings. The first-order valence-electron chi connectivity index (χ1n) is 21.0. The van der Waals surface area contributed by atoms with E-state index in [9.17, 15) is 0 Å². The van der Waals surface area contributed by atoms with Crippen molar-refractivity contribution < 1.29 is 9.13 Å². The number of rotatable bonds is 12. The van der Waals surface area contributed by atoms with Crippen LogP contribution >= 0.6 is 63.7 Å². The van der Waals surface area contributed by atoms with Gasteiger partial charge < -0.3 is 0 Å². The van der Waals surface area contributed by atoms with E-state index in [-0.39, 0.29) is 0 Å². The molecule has 8 heteroatoms. The van der Waals surface area contributed by atoms with Gasteiger partial charge in [0.2, 0.25) is 0 Å². The molecule has 0 spiro atoms. The van der Waals surface area contributed by atoms with Crippen molar-refractivity contribution in [1.82, 2.24) is 9.97 Å². The van der Waals surface area contributed by atoms with Crippen LogP contribution in [-0.4, -0.2) is 9.97 Å². The first-order chi connectivity index (χ1) is 31.5. The molecule has 0 amide bonds. The Morgan fingerprint density at radius 3 is 0.688 bits per heavy atom. The van der Waals surface area contributed by atoms with Gasteiger partial charge in [0.15, 0.2) is 37.9 Å². The number of aromatic nitrogens is 4. The van der Waals surface area contributed by atoms with Crippen molar-refractivity contribution in [2.45, 2.75) is 34.4 Å². The maximum atomic E-state index is 4.03. The summed E-state index contributed by atoms with van der Waals surface area (Å²) >= 11 is 13.8. The predicted octanol–water partition coefficient (Wildman–Crippen LogP) is 14.8. The van der Waals surface area contributed by atoms with E-state index in [0.717, 1.165) is 34.4 Å². The van der Waals surface area contributed by atoms with Crippen LogP contribution in [0.1, 0.15) is 33.4 Å². The van der Waals surface area contributed by atoms with Gasteiger partial charge in [-0.05, 0) is 91.0 Å². The Morgan fingerprint density at radius 1 is 0.250 bits per heavy atom. The number of hydrogen-bond donors (Lipinski definition) is 0. The highest BCUT2D eigenvalue weighted by atomic mass is 79.9. The minimum Gasteiger partial charge on any atom is -0.265 e. The standard InChI is InChI=1S/C32H28Br2N2.C16H12N2.C8H8Br2/c33-21-25-1-5-27(6-2-25)23-35-17-13-31(14-18-35)29-9-11-30(12-10-29)32-15-19-36(20-16-32)24-28-7-3-26(22-34)4-8-28;1-2-14(16-7-11-18-12-8-16)4-3-13(1)15-5-9-17-10-6-15;9-5-7-1-2-8(6-10)4-3-7/h1-20H,21-24H2;1-12H;1-4H,5-6H2/q+2;;. The first kappa shape index (κ1) is 46.6.